The topological polar surface area (TPSA) is 32.3 Å². The van der Waals surface area contributed by atoms with Crippen molar-refractivity contribution < 1.29 is 5.11 Å². The third kappa shape index (κ3) is 6.19. The number of hydrogen-bond donors (Lipinski definition) is 2. The quantitative estimate of drug-likeness (QED) is 0.710. The maximum Gasteiger partial charge on any atom is 0.0837 e. The van der Waals surface area contributed by atoms with Crippen LogP contribution in [0.1, 0.15) is 12.5 Å². The highest BCUT2D eigenvalue weighted by atomic mass is 35.5. The van der Waals surface area contributed by atoms with Gasteiger partial charge in [0.05, 0.1) is 5.60 Å². The fraction of sp³-hybridized carbons (Fsp3) is 0.294. The zero-order chi connectivity index (χ0) is 16.0. The first kappa shape index (κ1) is 17.6. The molecule has 0 saturated heterocycles. The predicted octanol–water partition coefficient (Wildman–Crippen LogP) is 4.63. The van der Waals surface area contributed by atoms with E-state index in [4.69, 9.17) is 23.2 Å². The molecule has 0 bridgehead atoms. The van der Waals surface area contributed by atoms with E-state index in [0.29, 0.717) is 18.8 Å². The van der Waals surface area contributed by atoms with Crippen molar-refractivity contribution >= 4 is 35.0 Å². The molecule has 0 aliphatic carbocycles. The van der Waals surface area contributed by atoms with Crippen LogP contribution in [0.15, 0.2) is 53.4 Å². The number of benzene rings is 2. The molecule has 0 unspecified atom stereocenters. The summed E-state index contributed by atoms with van der Waals surface area (Å²) >= 11 is 13.4. The second-order valence-corrected chi connectivity index (χ2v) is 7.39. The molecule has 2 N–H and O–H groups in total. The Morgan fingerprint density at radius 2 is 1.82 bits per heavy atom. The maximum absolute atomic E-state index is 10.4. The molecule has 2 aromatic rings. The minimum atomic E-state index is -0.789. The lowest BCUT2D eigenvalue weighted by atomic mass is 10.1. The minimum Gasteiger partial charge on any atom is -0.388 e. The van der Waals surface area contributed by atoms with Gasteiger partial charge in [-0.15, -0.1) is 11.8 Å². The second kappa shape index (κ2) is 8.23. The Morgan fingerprint density at radius 3 is 2.50 bits per heavy atom. The number of thioether (sulfide) groups is 1. The first-order chi connectivity index (χ1) is 10.4. The molecule has 1 atom stereocenters. The lowest BCUT2D eigenvalue weighted by Crippen LogP contribution is -2.39. The summed E-state index contributed by atoms with van der Waals surface area (Å²) in [4.78, 5) is 1.10. The molecule has 2 nitrogen and oxygen atoms in total. The fourth-order valence-corrected chi connectivity index (χ4v) is 3.19. The number of nitrogens with one attached hydrogen (secondary N) is 1. The van der Waals surface area contributed by atoms with Crippen molar-refractivity contribution in [1.29, 1.82) is 0 Å². The highest BCUT2D eigenvalue weighted by Crippen LogP contribution is 2.24. The molecular weight excluding hydrogens is 337 g/mol. The van der Waals surface area contributed by atoms with E-state index in [2.05, 4.69) is 5.32 Å². The molecule has 22 heavy (non-hydrogen) atoms. The first-order valence-electron chi connectivity index (χ1n) is 7.00. The van der Waals surface area contributed by atoms with Gasteiger partial charge in [-0.05, 0) is 48.9 Å². The van der Waals surface area contributed by atoms with Crippen molar-refractivity contribution in [3.8, 4) is 0 Å². The monoisotopic (exact) mass is 355 g/mol. The Labute approximate surface area is 145 Å². The van der Waals surface area contributed by atoms with E-state index < -0.39 is 5.60 Å². The molecule has 0 aliphatic rings. The van der Waals surface area contributed by atoms with Gasteiger partial charge in [0.25, 0.3) is 0 Å². The highest BCUT2D eigenvalue weighted by Gasteiger charge is 2.20. The standard InChI is InChI=1S/C17H19Cl2NOS/c1-17(21,12-22-16-7-5-14(18)6-8-16)11-20-10-13-3-2-4-15(19)9-13/h2-9,20-21H,10-12H2,1H3/t17-/m0/s1. The third-order valence-corrected chi connectivity index (χ3v) is 4.95. The molecule has 0 heterocycles. The van der Waals surface area contributed by atoms with Gasteiger partial charge in [0.15, 0.2) is 0 Å². The summed E-state index contributed by atoms with van der Waals surface area (Å²) < 4.78 is 0. The summed E-state index contributed by atoms with van der Waals surface area (Å²) in [6.07, 6.45) is 0. The van der Waals surface area contributed by atoms with Crippen LogP contribution in [0.2, 0.25) is 10.0 Å². The molecule has 0 radical (unpaired) electrons. The van der Waals surface area contributed by atoms with Gasteiger partial charge in [-0.1, -0.05) is 35.3 Å². The van der Waals surface area contributed by atoms with Gasteiger partial charge >= 0.3 is 0 Å². The molecule has 0 aromatic heterocycles. The Bertz CT molecular complexity index is 602. The molecule has 2 aromatic carbocycles. The fourth-order valence-electron chi connectivity index (χ4n) is 1.94. The van der Waals surface area contributed by atoms with Crippen molar-refractivity contribution in [2.45, 2.75) is 24.0 Å². The molecule has 0 spiro atoms. The van der Waals surface area contributed by atoms with Crippen LogP contribution in [0.5, 0.6) is 0 Å². The lowest BCUT2D eigenvalue weighted by Gasteiger charge is -2.23. The van der Waals surface area contributed by atoms with E-state index in [1.54, 1.807) is 11.8 Å². The van der Waals surface area contributed by atoms with Gasteiger partial charge < -0.3 is 10.4 Å². The van der Waals surface area contributed by atoms with E-state index in [0.717, 1.165) is 20.5 Å². The van der Waals surface area contributed by atoms with E-state index >= 15 is 0 Å². The number of halogens is 2. The summed E-state index contributed by atoms with van der Waals surface area (Å²) in [6.45, 7) is 3.03. The maximum atomic E-state index is 10.4. The highest BCUT2D eigenvalue weighted by molar-refractivity contribution is 7.99. The smallest absolute Gasteiger partial charge is 0.0837 e. The van der Waals surface area contributed by atoms with Crippen LogP contribution < -0.4 is 5.32 Å². The molecule has 0 aliphatic heterocycles. The Kier molecular flexibility index (Phi) is 6.60. The van der Waals surface area contributed by atoms with Crippen molar-refractivity contribution in [2.24, 2.45) is 0 Å². The molecular formula is C17H19Cl2NOS. The molecule has 5 heteroatoms. The summed E-state index contributed by atoms with van der Waals surface area (Å²) in [5, 5.41) is 15.1. The van der Waals surface area contributed by atoms with Gasteiger partial charge in [0.2, 0.25) is 0 Å². The van der Waals surface area contributed by atoms with Gasteiger partial charge in [0, 0.05) is 33.8 Å². The third-order valence-electron chi connectivity index (χ3n) is 3.09. The SMILES string of the molecule is C[C@](O)(CNCc1cccc(Cl)c1)CSc1ccc(Cl)cc1. The molecule has 118 valence electrons. The number of rotatable bonds is 7. The van der Waals surface area contributed by atoms with Gasteiger partial charge in [0.1, 0.15) is 0 Å². The lowest BCUT2D eigenvalue weighted by molar-refractivity contribution is 0.0845. The molecule has 2 rings (SSSR count). The van der Waals surface area contributed by atoms with Gasteiger partial charge in [-0.3, -0.25) is 0 Å². The van der Waals surface area contributed by atoms with Crippen LogP contribution in [0.3, 0.4) is 0 Å². The Balaban J connectivity index is 1.77. The van der Waals surface area contributed by atoms with Gasteiger partial charge in [-0.25, -0.2) is 0 Å². The molecule has 0 fully saturated rings. The van der Waals surface area contributed by atoms with E-state index in [9.17, 15) is 5.11 Å². The molecule has 0 saturated carbocycles. The van der Waals surface area contributed by atoms with E-state index in [1.807, 2.05) is 55.5 Å². The minimum absolute atomic E-state index is 0.514. The largest absolute Gasteiger partial charge is 0.388 e. The van der Waals surface area contributed by atoms with Crippen LogP contribution in [0, 0.1) is 0 Å². The summed E-state index contributed by atoms with van der Waals surface area (Å²) in [5.41, 5.74) is 0.316. The van der Waals surface area contributed by atoms with Crippen LogP contribution >= 0.6 is 35.0 Å². The van der Waals surface area contributed by atoms with Crippen LogP contribution in [-0.2, 0) is 6.54 Å². The Hall–Kier alpha value is -0.710. The van der Waals surface area contributed by atoms with Crippen LogP contribution in [0.25, 0.3) is 0 Å². The normalized spacial score (nSPS) is 13.8. The van der Waals surface area contributed by atoms with Crippen molar-refractivity contribution in [3.63, 3.8) is 0 Å². The zero-order valence-corrected chi connectivity index (χ0v) is 14.7. The van der Waals surface area contributed by atoms with Crippen molar-refractivity contribution in [3.05, 3.63) is 64.1 Å². The second-order valence-electron chi connectivity index (χ2n) is 5.47. The average Bonchev–Trinajstić information content (AvgIpc) is 2.47. The van der Waals surface area contributed by atoms with E-state index in [1.165, 1.54) is 0 Å². The summed E-state index contributed by atoms with van der Waals surface area (Å²) in [7, 11) is 0. The van der Waals surface area contributed by atoms with E-state index in [-0.39, 0.29) is 0 Å². The molecule has 0 amide bonds. The van der Waals surface area contributed by atoms with Crippen LogP contribution in [0.4, 0.5) is 0 Å². The van der Waals surface area contributed by atoms with Crippen molar-refractivity contribution in [2.75, 3.05) is 12.3 Å². The number of aliphatic hydroxyl groups is 1. The van der Waals surface area contributed by atoms with Gasteiger partial charge in [-0.2, -0.15) is 0 Å². The zero-order valence-electron chi connectivity index (χ0n) is 12.4. The summed E-state index contributed by atoms with van der Waals surface area (Å²) in [5.74, 6) is 0.608. The first-order valence-corrected chi connectivity index (χ1v) is 8.75. The predicted molar refractivity (Wildman–Crippen MR) is 96.0 cm³/mol. The van der Waals surface area contributed by atoms with Crippen molar-refractivity contribution in [1.82, 2.24) is 5.32 Å². The average molecular weight is 356 g/mol. The Morgan fingerprint density at radius 1 is 1.09 bits per heavy atom. The van der Waals surface area contributed by atoms with Crippen LogP contribution in [-0.4, -0.2) is 23.0 Å². The number of hydrogen-bond acceptors (Lipinski definition) is 3. The summed E-state index contributed by atoms with van der Waals surface area (Å²) in [6, 6.07) is 15.3.